The number of hydrogen-bond donors (Lipinski definition) is 2. The fourth-order valence-corrected chi connectivity index (χ4v) is 3.35. The van der Waals surface area contributed by atoms with Crippen LogP contribution in [0.5, 0.6) is 11.5 Å². The first kappa shape index (κ1) is 23.1. The van der Waals surface area contributed by atoms with Gasteiger partial charge >= 0.3 is 5.97 Å². The highest BCUT2D eigenvalue weighted by Crippen LogP contribution is 2.34. The van der Waals surface area contributed by atoms with Crippen molar-refractivity contribution < 1.29 is 28.9 Å². The predicted octanol–water partition coefficient (Wildman–Crippen LogP) is 3.54. The maximum absolute atomic E-state index is 12.2. The third-order valence-electron chi connectivity index (χ3n) is 4.93. The quantitative estimate of drug-likeness (QED) is 0.466. The zero-order chi connectivity index (χ0) is 22.9. The Balaban J connectivity index is 1.81. The van der Waals surface area contributed by atoms with Crippen LogP contribution < -0.4 is 10.2 Å². The van der Waals surface area contributed by atoms with Gasteiger partial charge in [0.2, 0.25) is 11.2 Å². The van der Waals surface area contributed by atoms with Crippen LogP contribution in [-0.4, -0.2) is 29.4 Å². The summed E-state index contributed by atoms with van der Waals surface area (Å²) in [4.78, 5) is 24.3. The highest BCUT2D eigenvalue weighted by atomic mass is 16.5. The van der Waals surface area contributed by atoms with E-state index in [4.69, 9.17) is 13.9 Å². The van der Waals surface area contributed by atoms with Crippen molar-refractivity contribution in [3.8, 4) is 11.5 Å². The zero-order valence-corrected chi connectivity index (χ0v) is 17.8. The average molecular weight is 438 g/mol. The lowest BCUT2D eigenvalue weighted by Crippen LogP contribution is -2.15. The van der Waals surface area contributed by atoms with Gasteiger partial charge in [-0.05, 0) is 30.2 Å². The number of carbonyl (C=O) groups excluding carboxylic acids is 1. The predicted molar refractivity (Wildman–Crippen MR) is 118 cm³/mol. The molecule has 2 N–H and O–H groups in total. The molecule has 1 atom stereocenters. The van der Waals surface area contributed by atoms with E-state index in [1.807, 2.05) is 30.3 Å². The highest BCUT2D eigenvalue weighted by Gasteiger charge is 2.26. The second-order valence-corrected chi connectivity index (χ2v) is 7.16. The van der Waals surface area contributed by atoms with Crippen LogP contribution in [0.1, 0.15) is 41.9 Å². The molecular weight excluding hydrogens is 412 g/mol. The molecule has 0 fully saturated rings. The minimum atomic E-state index is -0.772. The Labute approximate surface area is 185 Å². The van der Waals surface area contributed by atoms with Gasteiger partial charge in [0.1, 0.15) is 18.1 Å². The van der Waals surface area contributed by atoms with Crippen LogP contribution in [-0.2, 0) is 22.6 Å². The first-order valence-electron chi connectivity index (χ1n) is 10.4. The summed E-state index contributed by atoms with van der Waals surface area (Å²) < 4.78 is 16.4. The lowest BCUT2D eigenvalue weighted by molar-refractivity contribution is -0.143. The van der Waals surface area contributed by atoms with E-state index in [-0.39, 0.29) is 24.5 Å². The molecule has 168 valence electrons. The van der Waals surface area contributed by atoms with Gasteiger partial charge in [-0.2, -0.15) is 0 Å². The summed E-state index contributed by atoms with van der Waals surface area (Å²) in [5.74, 6) is -1.32. The van der Waals surface area contributed by atoms with E-state index in [1.54, 1.807) is 31.2 Å². The number of hydrogen-bond acceptors (Lipinski definition) is 7. The van der Waals surface area contributed by atoms with Crippen molar-refractivity contribution >= 4 is 5.97 Å². The summed E-state index contributed by atoms with van der Waals surface area (Å²) in [6, 6.07) is 18.0. The van der Waals surface area contributed by atoms with Gasteiger partial charge in [0.05, 0.1) is 25.6 Å². The van der Waals surface area contributed by atoms with Crippen LogP contribution in [0.15, 0.2) is 69.9 Å². The molecule has 0 aliphatic rings. The SMILES string of the molecule is CCOC(=O)C[C@H](c1ccc(OCCc2ccccc2)cc1)c1oc(CO)cc(=O)c1O. The summed E-state index contributed by atoms with van der Waals surface area (Å²) in [5.41, 5.74) is 1.11. The Bertz CT molecular complexity index is 1070. The van der Waals surface area contributed by atoms with E-state index in [2.05, 4.69) is 0 Å². The van der Waals surface area contributed by atoms with Crippen molar-refractivity contribution in [3.63, 3.8) is 0 Å². The van der Waals surface area contributed by atoms with Crippen molar-refractivity contribution in [1.29, 1.82) is 0 Å². The van der Waals surface area contributed by atoms with E-state index < -0.39 is 29.7 Å². The van der Waals surface area contributed by atoms with Crippen LogP contribution in [0, 0.1) is 0 Å². The molecule has 0 saturated carbocycles. The summed E-state index contributed by atoms with van der Waals surface area (Å²) in [6.45, 7) is 1.89. The Morgan fingerprint density at radius 3 is 2.47 bits per heavy atom. The molecule has 3 rings (SSSR count). The maximum atomic E-state index is 12.2. The van der Waals surface area contributed by atoms with Gasteiger partial charge in [0, 0.05) is 12.5 Å². The minimum absolute atomic E-state index is 0.00229. The van der Waals surface area contributed by atoms with Crippen molar-refractivity contribution in [2.45, 2.75) is 32.3 Å². The van der Waals surface area contributed by atoms with Crippen LogP contribution in [0.4, 0.5) is 0 Å². The molecule has 0 saturated heterocycles. The zero-order valence-electron chi connectivity index (χ0n) is 17.8. The summed E-state index contributed by atoms with van der Waals surface area (Å²) in [6.07, 6.45) is 0.620. The van der Waals surface area contributed by atoms with E-state index in [0.29, 0.717) is 17.9 Å². The molecule has 0 spiro atoms. The molecule has 0 bridgehead atoms. The number of ether oxygens (including phenoxy) is 2. The standard InChI is InChI=1S/C25H26O7/c1-2-30-23(28)15-21(25-24(29)22(27)14-20(16-26)32-25)18-8-10-19(11-9-18)31-13-12-17-6-4-3-5-7-17/h3-11,14,21,26,29H,2,12-13,15-16H2,1H3/t21-/m1/s1. The molecule has 0 amide bonds. The second-order valence-electron chi connectivity index (χ2n) is 7.16. The van der Waals surface area contributed by atoms with Gasteiger partial charge in [-0.15, -0.1) is 0 Å². The van der Waals surface area contributed by atoms with Crippen molar-refractivity contribution in [2.24, 2.45) is 0 Å². The molecule has 0 unspecified atom stereocenters. The monoisotopic (exact) mass is 438 g/mol. The average Bonchev–Trinajstić information content (AvgIpc) is 2.81. The molecule has 1 heterocycles. The number of aromatic hydroxyl groups is 1. The van der Waals surface area contributed by atoms with Gasteiger partial charge in [0.15, 0.2) is 5.76 Å². The molecular formula is C25H26O7. The Morgan fingerprint density at radius 2 is 1.81 bits per heavy atom. The third kappa shape index (κ3) is 5.98. The molecule has 3 aromatic rings. The lowest BCUT2D eigenvalue weighted by atomic mass is 9.92. The minimum Gasteiger partial charge on any atom is -0.502 e. The molecule has 7 heteroatoms. The van der Waals surface area contributed by atoms with Crippen LogP contribution in [0.3, 0.4) is 0 Å². The van der Waals surface area contributed by atoms with E-state index >= 15 is 0 Å². The van der Waals surface area contributed by atoms with Gasteiger partial charge in [-0.25, -0.2) is 0 Å². The van der Waals surface area contributed by atoms with Crippen LogP contribution >= 0.6 is 0 Å². The molecule has 1 aromatic heterocycles. The summed E-state index contributed by atoms with van der Waals surface area (Å²) >= 11 is 0. The van der Waals surface area contributed by atoms with Crippen LogP contribution in [0.2, 0.25) is 0 Å². The third-order valence-corrected chi connectivity index (χ3v) is 4.93. The Hall–Kier alpha value is -3.58. The largest absolute Gasteiger partial charge is 0.502 e. The molecule has 0 aliphatic carbocycles. The normalized spacial score (nSPS) is 11.7. The van der Waals surface area contributed by atoms with Gasteiger partial charge in [-0.3, -0.25) is 9.59 Å². The molecule has 32 heavy (non-hydrogen) atoms. The van der Waals surface area contributed by atoms with E-state index in [1.165, 1.54) is 5.56 Å². The van der Waals surface area contributed by atoms with Crippen molar-refractivity contribution in [3.05, 3.63) is 93.5 Å². The maximum Gasteiger partial charge on any atom is 0.306 e. The van der Waals surface area contributed by atoms with Gasteiger partial charge in [-0.1, -0.05) is 42.5 Å². The van der Waals surface area contributed by atoms with E-state index in [9.17, 15) is 19.8 Å². The topological polar surface area (TPSA) is 106 Å². The number of aliphatic hydroxyl groups excluding tert-OH is 1. The molecule has 0 radical (unpaired) electrons. The second kappa shape index (κ2) is 11.2. The number of rotatable bonds is 10. The first-order chi connectivity index (χ1) is 15.5. The molecule has 7 nitrogen and oxygen atoms in total. The van der Waals surface area contributed by atoms with Crippen molar-refractivity contribution in [2.75, 3.05) is 13.2 Å². The number of aliphatic hydroxyl groups is 1. The van der Waals surface area contributed by atoms with Gasteiger partial charge < -0.3 is 24.1 Å². The van der Waals surface area contributed by atoms with Crippen molar-refractivity contribution in [1.82, 2.24) is 0 Å². The highest BCUT2D eigenvalue weighted by molar-refractivity contribution is 5.71. The summed E-state index contributed by atoms with van der Waals surface area (Å²) in [7, 11) is 0. The number of esters is 1. The fraction of sp³-hybridized carbons (Fsp3) is 0.280. The first-order valence-corrected chi connectivity index (χ1v) is 10.4. The van der Waals surface area contributed by atoms with E-state index in [0.717, 1.165) is 12.5 Å². The van der Waals surface area contributed by atoms with Crippen LogP contribution in [0.25, 0.3) is 0 Å². The Morgan fingerprint density at radius 1 is 1.09 bits per heavy atom. The molecule has 2 aromatic carbocycles. The smallest absolute Gasteiger partial charge is 0.306 e. The molecule has 0 aliphatic heterocycles. The summed E-state index contributed by atoms with van der Waals surface area (Å²) in [5, 5.41) is 19.7. The number of carbonyl (C=O) groups is 1. The Kier molecular flexibility index (Phi) is 8.05. The lowest BCUT2D eigenvalue weighted by Gasteiger charge is -2.18. The number of benzene rings is 2. The van der Waals surface area contributed by atoms with Gasteiger partial charge in [0.25, 0.3) is 0 Å². The fourth-order valence-electron chi connectivity index (χ4n) is 3.35.